The van der Waals surface area contributed by atoms with Crippen LogP contribution in [-0.2, 0) is 7.05 Å². The molecule has 1 aromatic heterocycles. The number of hydrogen-bond donors (Lipinski definition) is 1. The van der Waals surface area contributed by atoms with Crippen molar-refractivity contribution in [3.05, 3.63) is 18.0 Å². The minimum atomic E-state index is 0. The number of amides is 1. The van der Waals surface area contributed by atoms with E-state index in [1.165, 1.54) is 0 Å². The molecule has 5 nitrogen and oxygen atoms in total. The molecule has 18 heavy (non-hydrogen) atoms. The predicted octanol–water partition coefficient (Wildman–Crippen LogP) is 1.04. The highest BCUT2D eigenvalue weighted by molar-refractivity contribution is 5.94. The molecule has 0 aliphatic carbocycles. The van der Waals surface area contributed by atoms with Crippen LogP contribution in [0.1, 0.15) is 30.1 Å². The van der Waals surface area contributed by atoms with Crippen LogP contribution in [0.3, 0.4) is 0 Å². The van der Waals surface area contributed by atoms with E-state index in [9.17, 15) is 4.79 Å². The second-order valence-corrected chi connectivity index (χ2v) is 4.92. The number of carbonyl (C=O) groups is 1. The molecule has 2 atom stereocenters. The van der Waals surface area contributed by atoms with Crippen LogP contribution in [0, 0.1) is 5.92 Å². The van der Waals surface area contributed by atoms with E-state index >= 15 is 0 Å². The van der Waals surface area contributed by atoms with Gasteiger partial charge in [-0.25, -0.2) is 0 Å². The summed E-state index contributed by atoms with van der Waals surface area (Å²) in [6.45, 7) is 3.56. The Hall–Kier alpha value is -1.07. The van der Waals surface area contributed by atoms with E-state index < -0.39 is 0 Å². The molecule has 0 aromatic carbocycles. The first-order valence-electron chi connectivity index (χ1n) is 6.11. The Morgan fingerprint density at radius 1 is 1.61 bits per heavy atom. The van der Waals surface area contributed by atoms with Gasteiger partial charge in [-0.3, -0.25) is 9.48 Å². The molecule has 0 bridgehead atoms. The van der Waals surface area contributed by atoms with Crippen molar-refractivity contribution in [1.82, 2.24) is 14.7 Å². The first-order valence-corrected chi connectivity index (χ1v) is 6.11. The van der Waals surface area contributed by atoms with Crippen molar-refractivity contribution in [2.45, 2.75) is 25.8 Å². The highest BCUT2D eigenvalue weighted by Gasteiger charge is 2.29. The van der Waals surface area contributed by atoms with Crippen LogP contribution in [-0.4, -0.2) is 39.7 Å². The molecule has 1 fully saturated rings. The van der Waals surface area contributed by atoms with Gasteiger partial charge in [0.25, 0.3) is 5.91 Å². The molecule has 1 aliphatic heterocycles. The highest BCUT2D eigenvalue weighted by atomic mass is 35.5. The molecule has 6 heteroatoms. The van der Waals surface area contributed by atoms with Crippen LogP contribution >= 0.6 is 12.4 Å². The van der Waals surface area contributed by atoms with Gasteiger partial charge in [-0.2, -0.15) is 5.10 Å². The summed E-state index contributed by atoms with van der Waals surface area (Å²) in [7, 11) is 1.81. The zero-order valence-electron chi connectivity index (χ0n) is 10.9. The molecule has 2 rings (SSSR count). The Bertz CT molecular complexity index is 407. The fourth-order valence-corrected chi connectivity index (χ4v) is 2.44. The van der Waals surface area contributed by atoms with Gasteiger partial charge >= 0.3 is 0 Å². The molecule has 1 amide bonds. The molecule has 1 aromatic rings. The number of hydrogen-bond acceptors (Lipinski definition) is 3. The maximum Gasteiger partial charge on any atom is 0.257 e. The maximum atomic E-state index is 12.3. The third-order valence-electron chi connectivity index (χ3n) is 3.46. The average Bonchev–Trinajstić information content (AvgIpc) is 2.75. The number of aryl methyl sites for hydroxylation is 1. The van der Waals surface area contributed by atoms with Crippen LogP contribution in [0.25, 0.3) is 0 Å². The van der Waals surface area contributed by atoms with E-state index in [0.717, 1.165) is 19.4 Å². The largest absolute Gasteiger partial charge is 0.334 e. The molecule has 0 saturated carbocycles. The zero-order chi connectivity index (χ0) is 12.4. The fourth-order valence-electron chi connectivity index (χ4n) is 2.44. The lowest BCUT2D eigenvalue weighted by atomic mass is 9.92. The molecular formula is C12H21ClN4O. The number of likely N-dealkylation sites (tertiary alicyclic amines) is 1. The summed E-state index contributed by atoms with van der Waals surface area (Å²) >= 11 is 0. The van der Waals surface area contributed by atoms with E-state index in [0.29, 0.717) is 18.0 Å². The predicted molar refractivity (Wildman–Crippen MR) is 72.7 cm³/mol. The van der Waals surface area contributed by atoms with Crippen molar-refractivity contribution in [2.24, 2.45) is 18.7 Å². The third-order valence-corrected chi connectivity index (χ3v) is 3.46. The number of aromatic nitrogens is 2. The quantitative estimate of drug-likeness (QED) is 0.875. The normalized spacial score (nSPS) is 23.6. The molecular weight excluding hydrogens is 252 g/mol. The van der Waals surface area contributed by atoms with Crippen LogP contribution in [0.4, 0.5) is 0 Å². The summed E-state index contributed by atoms with van der Waals surface area (Å²) in [6.07, 6.45) is 5.44. The Balaban J connectivity index is 0.00000162. The van der Waals surface area contributed by atoms with Crippen molar-refractivity contribution < 1.29 is 4.79 Å². The van der Waals surface area contributed by atoms with Crippen LogP contribution < -0.4 is 5.73 Å². The van der Waals surface area contributed by atoms with Gasteiger partial charge < -0.3 is 10.6 Å². The molecule has 1 saturated heterocycles. The SMILES string of the molecule is CC1CCN(C(=O)c2cnn(C)c2)C(CN)C1.Cl. The second kappa shape index (κ2) is 6.20. The minimum Gasteiger partial charge on any atom is -0.334 e. The first kappa shape index (κ1) is 15.0. The molecule has 2 N–H and O–H groups in total. The van der Waals surface area contributed by atoms with Gasteiger partial charge in [0, 0.05) is 32.4 Å². The van der Waals surface area contributed by atoms with Gasteiger partial charge in [-0.1, -0.05) is 6.92 Å². The van der Waals surface area contributed by atoms with Gasteiger partial charge in [-0.15, -0.1) is 12.4 Å². The Morgan fingerprint density at radius 3 is 2.89 bits per heavy atom. The number of carbonyl (C=O) groups excluding carboxylic acids is 1. The van der Waals surface area contributed by atoms with Gasteiger partial charge in [0.2, 0.25) is 0 Å². The number of nitrogens with two attached hydrogens (primary N) is 1. The fraction of sp³-hybridized carbons (Fsp3) is 0.667. The first-order chi connectivity index (χ1) is 8.11. The maximum absolute atomic E-state index is 12.3. The van der Waals surface area contributed by atoms with Crippen molar-refractivity contribution >= 4 is 18.3 Å². The van der Waals surface area contributed by atoms with Crippen molar-refractivity contribution in [3.63, 3.8) is 0 Å². The summed E-state index contributed by atoms with van der Waals surface area (Å²) in [5.41, 5.74) is 6.42. The van der Waals surface area contributed by atoms with Gasteiger partial charge in [0.1, 0.15) is 0 Å². The lowest BCUT2D eigenvalue weighted by Crippen LogP contribution is -2.49. The van der Waals surface area contributed by atoms with Crippen LogP contribution in [0.15, 0.2) is 12.4 Å². The summed E-state index contributed by atoms with van der Waals surface area (Å²) in [4.78, 5) is 14.2. The molecule has 2 heterocycles. The second-order valence-electron chi connectivity index (χ2n) is 4.92. The van der Waals surface area contributed by atoms with E-state index in [1.54, 1.807) is 17.1 Å². The minimum absolute atomic E-state index is 0. The molecule has 0 spiro atoms. The van der Waals surface area contributed by atoms with Crippen molar-refractivity contribution in [1.29, 1.82) is 0 Å². The number of rotatable bonds is 2. The van der Waals surface area contributed by atoms with Crippen molar-refractivity contribution in [3.8, 4) is 0 Å². The summed E-state index contributed by atoms with van der Waals surface area (Å²) in [5, 5.41) is 4.04. The van der Waals surface area contributed by atoms with Gasteiger partial charge in [0.05, 0.1) is 11.8 Å². The van der Waals surface area contributed by atoms with Crippen molar-refractivity contribution in [2.75, 3.05) is 13.1 Å². The highest BCUT2D eigenvalue weighted by Crippen LogP contribution is 2.23. The van der Waals surface area contributed by atoms with Crippen LogP contribution in [0.5, 0.6) is 0 Å². The summed E-state index contributed by atoms with van der Waals surface area (Å²) in [6, 6.07) is 0.173. The van der Waals surface area contributed by atoms with Gasteiger partial charge in [0.15, 0.2) is 0 Å². The molecule has 1 aliphatic rings. The van der Waals surface area contributed by atoms with Gasteiger partial charge in [-0.05, 0) is 18.8 Å². The average molecular weight is 273 g/mol. The number of halogens is 1. The van der Waals surface area contributed by atoms with E-state index in [2.05, 4.69) is 12.0 Å². The molecule has 2 unspecified atom stereocenters. The summed E-state index contributed by atoms with van der Waals surface area (Å²) in [5.74, 6) is 0.710. The summed E-state index contributed by atoms with van der Waals surface area (Å²) < 4.78 is 1.65. The monoisotopic (exact) mass is 272 g/mol. The smallest absolute Gasteiger partial charge is 0.257 e. The lowest BCUT2D eigenvalue weighted by molar-refractivity contribution is 0.0573. The Labute approximate surface area is 114 Å². The zero-order valence-corrected chi connectivity index (χ0v) is 11.7. The Morgan fingerprint density at radius 2 is 2.33 bits per heavy atom. The molecule has 102 valence electrons. The van der Waals surface area contributed by atoms with E-state index in [-0.39, 0.29) is 24.4 Å². The lowest BCUT2D eigenvalue weighted by Gasteiger charge is -2.37. The standard InChI is InChI=1S/C12H20N4O.ClH/c1-9-3-4-16(11(5-9)6-13)12(17)10-7-14-15(2)8-10;/h7-9,11H,3-6,13H2,1-2H3;1H. The topological polar surface area (TPSA) is 64.2 Å². The van der Waals surface area contributed by atoms with E-state index in [1.807, 2.05) is 11.9 Å². The third kappa shape index (κ3) is 3.03. The van der Waals surface area contributed by atoms with Crippen LogP contribution in [0.2, 0.25) is 0 Å². The van der Waals surface area contributed by atoms with E-state index in [4.69, 9.17) is 5.73 Å². The molecule has 0 radical (unpaired) electrons. The number of piperidine rings is 1. The number of nitrogens with zero attached hydrogens (tertiary/aromatic N) is 3. The Kier molecular flexibility index (Phi) is 5.16.